The zero-order valence-electron chi connectivity index (χ0n) is 19.7. The van der Waals surface area contributed by atoms with E-state index in [4.69, 9.17) is 5.41 Å². The number of nitrogens with zero attached hydrogens (tertiary/aromatic N) is 3. The van der Waals surface area contributed by atoms with Crippen molar-refractivity contribution < 1.29 is 9.59 Å². The molecule has 2 saturated heterocycles. The van der Waals surface area contributed by atoms with Gasteiger partial charge in [0.2, 0.25) is 11.8 Å². The first kappa shape index (κ1) is 23.0. The molecule has 2 fully saturated rings. The van der Waals surface area contributed by atoms with Gasteiger partial charge in [-0.05, 0) is 53.9 Å². The Kier molecular flexibility index (Phi) is 5.78. The van der Waals surface area contributed by atoms with Crippen LogP contribution in [0.2, 0.25) is 0 Å². The van der Waals surface area contributed by atoms with E-state index in [-0.39, 0.29) is 11.8 Å². The Morgan fingerprint density at radius 3 is 2.57 bits per heavy atom. The van der Waals surface area contributed by atoms with Crippen LogP contribution in [-0.2, 0) is 15.0 Å². The highest BCUT2D eigenvalue weighted by Gasteiger charge is 2.49. The van der Waals surface area contributed by atoms with E-state index in [1.165, 1.54) is 4.90 Å². The molecule has 0 aliphatic carbocycles. The topological polar surface area (TPSA) is 88.3 Å². The molecule has 1 N–H and O–H groups in total. The molecule has 0 radical (unpaired) electrons. The Labute approximate surface area is 208 Å². The number of likely N-dealkylation sites (tertiary alicyclic amines) is 1. The van der Waals surface area contributed by atoms with Gasteiger partial charge in [0.05, 0.1) is 17.6 Å². The van der Waals surface area contributed by atoms with E-state index in [2.05, 4.69) is 19.1 Å². The second-order valence-electron chi connectivity index (χ2n) is 9.47. The minimum Gasteiger partial charge on any atom is -0.312 e. The third-order valence-corrected chi connectivity index (χ3v) is 8.62. The molecule has 3 heterocycles. The fourth-order valence-electron chi connectivity index (χ4n) is 5.22. The SMILES string of the molecule is CN1C(=N)C[C@](C)(c2ccc(-c3cccc(C#N)c3)s2)C(c2ccc(N3CCCC3=O)cc2)C1=O. The zero-order valence-corrected chi connectivity index (χ0v) is 20.6. The van der Waals surface area contributed by atoms with Crippen LogP contribution in [-0.4, -0.2) is 36.1 Å². The lowest BCUT2D eigenvalue weighted by atomic mass is 9.67. The van der Waals surface area contributed by atoms with E-state index < -0.39 is 11.3 Å². The van der Waals surface area contributed by atoms with E-state index >= 15 is 0 Å². The Morgan fingerprint density at radius 1 is 1.11 bits per heavy atom. The van der Waals surface area contributed by atoms with Gasteiger partial charge in [-0.2, -0.15) is 5.26 Å². The van der Waals surface area contributed by atoms with Gasteiger partial charge < -0.3 is 9.80 Å². The molecule has 0 saturated carbocycles. The molecule has 1 aromatic heterocycles. The van der Waals surface area contributed by atoms with Crippen LogP contribution in [0.15, 0.2) is 60.7 Å². The highest BCUT2D eigenvalue weighted by Crippen LogP contribution is 2.49. The summed E-state index contributed by atoms with van der Waals surface area (Å²) in [4.78, 5) is 31.0. The van der Waals surface area contributed by atoms with Crippen LogP contribution in [0.5, 0.6) is 0 Å². The maximum atomic E-state index is 13.6. The molecule has 2 amide bonds. The quantitative estimate of drug-likeness (QED) is 0.548. The second-order valence-corrected chi connectivity index (χ2v) is 10.6. The minimum absolute atomic E-state index is 0.102. The number of hydrogen-bond acceptors (Lipinski definition) is 5. The molecule has 2 atom stereocenters. The largest absolute Gasteiger partial charge is 0.312 e. The van der Waals surface area contributed by atoms with Crippen molar-refractivity contribution in [3.63, 3.8) is 0 Å². The van der Waals surface area contributed by atoms with Crippen molar-refractivity contribution in [1.29, 1.82) is 10.7 Å². The van der Waals surface area contributed by atoms with Crippen LogP contribution in [0.3, 0.4) is 0 Å². The van der Waals surface area contributed by atoms with Crippen LogP contribution in [0.25, 0.3) is 10.4 Å². The smallest absolute Gasteiger partial charge is 0.236 e. The van der Waals surface area contributed by atoms with Crippen LogP contribution >= 0.6 is 11.3 Å². The van der Waals surface area contributed by atoms with Gasteiger partial charge in [0, 0.05) is 47.3 Å². The summed E-state index contributed by atoms with van der Waals surface area (Å²) in [5.74, 6) is -0.123. The van der Waals surface area contributed by atoms with Gasteiger partial charge in [-0.25, -0.2) is 0 Å². The summed E-state index contributed by atoms with van der Waals surface area (Å²) >= 11 is 1.61. The molecule has 6 nitrogen and oxygen atoms in total. The molecule has 35 heavy (non-hydrogen) atoms. The number of likely N-dealkylation sites (N-methyl/N-ethyl adjacent to an activating group) is 1. The van der Waals surface area contributed by atoms with E-state index in [9.17, 15) is 14.9 Å². The lowest BCUT2D eigenvalue weighted by molar-refractivity contribution is -0.131. The predicted octanol–water partition coefficient (Wildman–Crippen LogP) is 5.29. The van der Waals surface area contributed by atoms with Crippen LogP contribution < -0.4 is 4.90 Å². The molecule has 3 aromatic rings. The maximum Gasteiger partial charge on any atom is 0.236 e. The molecule has 1 unspecified atom stereocenters. The number of benzene rings is 2. The number of piperidine rings is 1. The Morgan fingerprint density at radius 2 is 1.89 bits per heavy atom. The number of nitriles is 1. The third kappa shape index (κ3) is 3.94. The van der Waals surface area contributed by atoms with Crippen LogP contribution in [0, 0.1) is 16.7 Å². The lowest BCUT2D eigenvalue weighted by Crippen LogP contribution is -2.51. The van der Waals surface area contributed by atoms with Gasteiger partial charge >= 0.3 is 0 Å². The molecule has 2 aliphatic rings. The van der Waals surface area contributed by atoms with Crippen molar-refractivity contribution in [1.82, 2.24) is 4.90 Å². The highest BCUT2D eigenvalue weighted by atomic mass is 32.1. The summed E-state index contributed by atoms with van der Waals surface area (Å²) < 4.78 is 0. The molecule has 0 spiro atoms. The first-order chi connectivity index (χ1) is 16.8. The number of carbonyl (C=O) groups excluding carboxylic acids is 2. The first-order valence-electron chi connectivity index (χ1n) is 11.7. The average Bonchev–Trinajstić information content (AvgIpc) is 3.53. The number of carbonyl (C=O) groups is 2. The molecule has 7 heteroatoms. The van der Waals surface area contributed by atoms with E-state index in [1.54, 1.807) is 29.4 Å². The van der Waals surface area contributed by atoms with Gasteiger partial charge in [0.25, 0.3) is 0 Å². The van der Waals surface area contributed by atoms with E-state index in [1.807, 2.05) is 48.5 Å². The number of rotatable bonds is 4. The molecular formula is C28H26N4O2S. The fourth-order valence-corrected chi connectivity index (χ4v) is 6.39. The van der Waals surface area contributed by atoms with Crippen LogP contribution in [0.1, 0.15) is 48.1 Å². The summed E-state index contributed by atoms with van der Waals surface area (Å²) in [6, 6.07) is 21.6. The van der Waals surface area contributed by atoms with Crippen molar-refractivity contribution in [3.05, 3.63) is 76.7 Å². The van der Waals surface area contributed by atoms with Crippen molar-refractivity contribution >= 4 is 34.7 Å². The van der Waals surface area contributed by atoms with E-state index in [0.29, 0.717) is 24.2 Å². The average molecular weight is 483 g/mol. The molecule has 5 rings (SSSR count). The molecular weight excluding hydrogens is 456 g/mol. The maximum absolute atomic E-state index is 13.6. The first-order valence-corrected chi connectivity index (χ1v) is 12.5. The molecule has 2 aliphatic heterocycles. The monoisotopic (exact) mass is 482 g/mol. The fraction of sp³-hybridized carbons (Fsp3) is 0.286. The third-order valence-electron chi connectivity index (χ3n) is 7.21. The van der Waals surface area contributed by atoms with Crippen molar-refractivity contribution in [3.8, 4) is 16.5 Å². The van der Waals surface area contributed by atoms with Gasteiger partial charge in [-0.15, -0.1) is 11.3 Å². The van der Waals surface area contributed by atoms with Gasteiger partial charge in [0.15, 0.2) is 0 Å². The number of nitrogens with one attached hydrogen (secondary N) is 1. The number of amides is 2. The number of thiophene rings is 1. The summed E-state index contributed by atoms with van der Waals surface area (Å²) in [6.07, 6.45) is 1.88. The predicted molar refractivity (Wildman–Crippen MR) is 138 cm³/mol. The summed E-state index contributed by atoms with van der Waals surface area (Å²) in [5.41, 5.74) is 2.72. The second kappa shape index (κ2) is 8.79. The standard InChI is InChI=1S/C28H26N4O2S/c1-28(23-13-12-22(35-23)20-6-3-5-18(15-20)17-29)16-24(30)31(2)27(34)26(28)19-8-10-21(11-9-19)32-14-4-7-25(32)33/h3,5-6,8-13,15,26,30H,4,7,14,16H2,1-2H3/t26?,28-/m1/s1. The number of hydrogen-bond donors (Lipinski definition) is 1. The summed E-state index contributed by atoms with van der Waals surface area (Å²) in [5, 5.41) is 17.8. The minimum atomic E-state index is -0.596. The molecule has 176 valence electrons. The Balaban J connectivity index is 1.54. The van der Waals surface area contributed by atoms with Crippen molar-refractivity contribution in [2.75, 3.05) is 18.5 Å². The van der Waals surface area contributed by atoms with Gasteiger partial charge in [-0.1, -0.05) is 31.2 Å². The lowest BCUT2D eigenvalue weighted by Gasteiger charge is -2.44. The number of anilines is 1. The Bertz CT molecular complexity index is 1370. The van der Waals surface area contributed by atoms with Crippen molar-refractivity contribution in [2.24, 2.45) is 0 Å². The normalized spacial score (nSPS) is 22.5. The molecule has 0 bridgehead atoms. The zero-order chi connectivity index (χ0) is 24.7. The Hall–Kier alpha value is -3.76. The van der Waals surface area contributed by atoms with Gasteiger partial charge in [0.1, 0.15) is 5.84 Å². The van der Waals surface area contributed by atoms with E-state index in [0.717, 1.165) is 39.5 Å². The molecule has 2 aromatic carbocycles. The van der Waals surface area contributed by atoms with Crippen LogP contribution in [0.4, 0.5) is 5.69 Å². The summed E-state index contributed by atoms with van der Waals surface area (Å²) in [7, 11) is 1.67. The number of amidine groups is 1. The van der Waals surface area contributed by atoms with Crippen molar-refractivity contribution in [2.45, 2.75) is 37.5 Å². The highest BCUT2D eigenvalue weighted by molar-refractivity contribution is 7.15. The summed E-state index contributed by atoms with van der Waals surface area (Å²) in [6.45, 7) is 2.79. The van der Waals surface area contributed by atoms with Gasteiger partial charge in [-0.3, -0.25) is 15.0 Å².